The SMILES string of the molecule is Cc1ccc(CN2C[C@@H]3[C@@H](CNS(=O)(=O)C4CC4)CO[C@@H]3C2)s1.O=C(O)C(F)(F)F. The first-order valence-corrected chi connectivity index (χ1v) is 12.0. The number of carboxylic acids is 1. The van der Waals surface area contributed by atoms with Gasteiger partial charge in [-0.15, -0.1) is 11.3 Å². The van der Waals surface area contributed by atoms with Crippen LogP contribution in [0.1, 0.15) is 22.6 Å². The van der Waals surface area contributed by atoms with Gasteiger partial charge in [-0.25, -0.2) is 17.9 Å². The number of sulfonamides is 1. The van der Waals surface area contributed by atoms with Crippen molar-refractivity contribution in [3.05, 3.63) is 21.9 Å². The number of ether oxygens (including phenoxy) is 1. The standard InChI is InChI=1S/C16H24N2O3S2.C2HF3O2/c1-11-2-3-13(22-11)7-18-8-15-12(10-21-16(15)9-18)6-17-23(19,20)14-4-5-14;3-2(4,5)1(6)7/h2-3,12,14-17H,4-10H2,1H3;(H,6,7)/t12-,15+,16+;/m0./s1. The Labute approximate surface area is 177 Å². The molecule has 0 spiro atoms. The first kappa shape index (κ1) is 23.5. The Balaban J connectivity index is 0.000000318. The van der Waals surface area contributed by atoms with E-state index in [0.717, 1.165) is 32.5 Å². The zero-order valence-electron chi connectivity index (χ0n) is 16.4. The lowest BCUT2D eigenvalue weighted by atomic mass is 9.93. The number of hydrogen-bond acceptors (Lipinski definition) is 6. The number of rotatable bonds is 6. The van der Waals surface area contributed by atoms with Crippen LogP contribution in [-0.2, 0) is 26.1 Å². The summed E-state index contributed by atoms with van der Waals surface area (Å²) >= 11 is 1.85. The van der Waals surface area contributed by atoms with E-state index in [0.29, 0.717) is 25.0 Å². The van der Waals surface area contributed by atoms with Crippen molar-refractivity contribution in [2.24, 2.45) is 11.8 Å². The van der Waals surface area contributed by atoms with Gasteiger partial charge in [0.15, 0.2) is 0 Å². The molecule has 3 heterocycles. The third-order valence-corrected chi connectivity index (χ3v) is 8.35. The lowest BCUT2D eigenvalue weighted by Crippen LogP contribution is -2.35. The molecule has 2 aliphatic heterocycles. The summed E-state index contributed by atoms with van der Waals surface area (Å²) in [6.45, 7) is 6.32. The molecule has 0 amide bonds. The Morgan fingerprint density at radius 2 is 2.00 bits per heavy atom. The Kier molecular flexibility index (Phi) is 7.12. The minimum atomic E-state index is -5.08. The van der Waals surface area contributed by atoms with Gasteiger partial charge in [-0.3, -0.25) is 4.90 Å². The molecule has 30 heavy (non-hydrogen) atoms. The summed E-state index contributed by atoms with van der Waals surface area (Å²) in [5, 5.41) is 6.99. The van der Waals surface area contributed by atoms with Gasteiger partial charge in [0.2, 0.25) is 10.0 Å². The van der Waals surface area contributed by atoms with E-state index in [1.165, 1.54) is 9.75 Å². The molecule has 3 aliphatic rings. The highest BCUT2D eigenvalue weighted by atomic mass is 32.2. The molecule has 1 saturated carbocycles. The average molecular weight is 471 g/mol. The van der Waals surface area contributed by atoms with Crippen molar-refractivity contribution >= 4 is 27.3 Å². The number of nitrogens with zero attached hydrogens (tertiary/aromatic N) is 1. The molecule has 0 radical (unpaired) electrons. The summed E-state index contributed by atoms with van der Waals surface area (Å²) in [5.41, 5.74) is 0. The van der Waals surface area contributed by atoms with Gasteiger partial charge in [-0.05, 0) is 31.9 Å². The molecule has 0 bridgehead atoms. The van der Waals surface area contributed by atoms with Gasteiger partial charge in [0, 0.05) is 47.8 Å². The van der Waals surface area contributed by atoms with Crippen LogP contribution in [0.3, 0.4) is 0 Å². The van der Waals surface area contributed by atoms with Gasteiger partial charge in [-0.2, -0.15) is 13.2 Å². The maximum absolute atomic E-state index is 12.0. The third kappa shape index (κ3) is 6.16. The van der Waals surface area contributed by atoms with Crippen LogP contribution in [0.15, 0.2) is 12.1 Å². The monoisotopic (exact) mass is 470 g/mol. The van der Waals surface area contributed by atoms with Gasteiger partial charge in [0.05, 0.1) is 18.0 Å². The number of hydrogen-bond donors (Lipinski definition) is 2. The quantitative estimate of drug-likeness (QED) is 0.662. The van der Waals surface area contributed by atoms with Gasteiger partial charge >= 0.3 is 12.1 Å². The van der Waals surface area contributed by atoms with E-state index in [1.54, 1.807) is 0 Å². The van der Waals surface area contributed by atoms with E-state index in [2.05, 4.69) is 28.7 Å². The highest BCUT2D eigenvalue weighted by Crippen LogP contribution is 2.35. The highest BCUT2D eigenvalue weighted by molar-refractivity contribution is 7.90. The molecule has 170 valence electrons. The Morgan fingerprint density at radius 3 is 2.53 bits per heavy atom. The maximum Gasteiger partial charge on any atom is 0.490 e. The number of carbonyl (C=O) groups is 1. The Bertz CT molecular complexity index is 854. The zero-order valence-corrected chi connectivity index (χ0v) is 18.0. The second kappa shape index (κ2) is 9.11. The largest absolute Gasteiger partial charge is 0.490 e. The summed E-state index contributed by atoms with van der Waals surface area (Å²) in [6, 6.07) is 4.37. The molecule has 3 atom stereocenters. The summed E-state index contributed by atoms with van der Waals surface area (Å²) < 4.78 is 64.5. The van der Waals surface area contributed by atoms with Crippen molar-refractivity contribution in [1.82, 2.24) is 9.62 Å². The molecule has 1 aromatic rings. The molecule has 7 nitrogen and oxygen atoms in total. The topological polar surface area (TPSA) is 95.9 Å². The van der Waals surface area contributed by atoms with Crippen LogP contribution in [-0.4, -0.2) is 68.2 Å². The molecule has 12 heteroatoms. The van der Waals surface area contributed by atoms with Crippen molar-refractivity contribution < 1.29 is 36.2 Å². The van der Waals surface area contributed by atoms with Crippen molar-refractivity contribution in [1.29, 1.82) is 0 Å². The van der Waals surface area contributed by atoms with E-state index in [-0.39, 0.29) is 11.4 Å². The Morgan fingerprint density at radius 1 is 1.33 bits per heavy atom. The minimum absolute atomic E-state index is 0.136. The van der Waals surface area contributed by atoms with Gasteiger partial charge in [0.1, 0.15) is 0 Å². The van der Waals surface area contributed by atoms with Crippen LogP contribution < -0.4 is 4.72 Å². The molecule has 2 N–H and O–H groups in total. The van der Waals surface area contributed by atoms with Crippen LogP contribution in [0.25, 0.3) is 0 Å². The van der Waals surface area contributed by atoms with E-state index in [9.17, 15) is 21.6 Å². The van der Waals surface area contributed by atoms with Crippen LogP contribution >= 0.6 is 11.3 Å². The van der Waals surface area contributed by atoms with Crippen LogP contribution in [0.2, 0.25) is 0 Å². The fourth-order valence-electron chi connectivity index (χ4n) is 3.73. The lowest BCUT2D eigenvalue weighted by Gasteiger charge is -2.19. The molecule has 2 saturated heterocycles. The fourth-order valence-corrected chi connectivity index (χ4v) is 6.10. The minimum Gasteiger partial charge on any atom is -0.475 e. The molecule has 0 unspecified atom stereocenters. The molecule has 0 aromatic carbocycles. The lowest BCUT2D eigenvalue weighted by molar-refractivity contribution is -0.192. The second-order valence-corrected chi connectivity index (χ2v) is 11.3. The third-order valence-electron chi connectivity index (χ3n) is 5.44. The van der Waals surface area contributed by atoms with Gasteiger partial charge < -0.3 is 9.84 Å². The number of aliphatic carboxylic acids is 1. The van der Waals surface area contributed by atoms with Crippen LogP contribution in [0.4, 0.5) is 13.2 Å². The molecule has 1 aliphatic carbocycles. The van der Waals surface area contributed by atoms with Gasteiger partial charge in [0.25, 0.3) is 0 Å². The van der Waals surface area contributed by atoms with E-state index in [1.807, 2.05) is 11.3 Å². The second-order valence-electron chi connectivity index (χ2n) is 7.90. The first-order chi connectivity index (χ1) is 14.0. The smallest absolute Gasteiger partial charge is 0.475 e. The number of nitrogens with one attached hydrogen (secondary N) is 1. The van der Waals surface area contributed by atoms with Crippen molar-refractivity contribution in [3.8, 4) is 0 Å². The van der Waals surface area contributed by atoms with Crippen LogP contribution in [0.5, 0.6) is 0 Å². The highest BCUT2D eigenvalue weighted by Gasteiger charge is 2.44. The van der Waals surface area contributed by atoms with E-state index >= 15 is 0 Å². The van der Waals surface area contributed by atoms with Crippen molar-refractivity contribution in [2.75, 3.05) is 26.2 Å². The fraction of sp³-hybridized carbons (Fsp3) is 0.722. The number of halogens is 3. The van der Waals surface area contributed by atoms with E-state index in [4.69, 9.17) is 14.6 Å². The average Bonchev–Trinajstić information content (AvgIpc) is 3.18. The summed E-state index contributed by atoms with van der Waals surface area (Å²) in [4.78, 5) is 14.1. The summed E-state index contributed by atoms with van der Waals surface area (Å²) in [6.07, 6.45) is -3.18. The van der Waals surface area contributed by atoms with E-state index < -0.39 is 22.2 Å². The zero-order chi connectivity index (χ0) is 22.1. The van der Waals surface area contributed by atoms with Crippen LogP contribution in [0, 0.1) is 18.8 Å². The first-order valence-electron chi connectivity index (χ1n) is 9.63. The molecular formula is C18H25F3N2O5S2. The molecule has 1 aromatic heterocycles. The Hall–Kier alpha value is -1.21. The molecular weight excluding hydrogens is 445 g/mol. The predicted octanol–water partition coefficient (Wildman–Crippen LogP) is 2.22. The van der Waals surface area contributed by atoms with Crippen molar-refractivity contribution in [2.45, 2.75) is 43.8 Å². The van der Waals surface area contributed by atoms with Crippen molar-refractivity contribution in [3.63, 3.8) is 0 Å². The number of likely N-dealkylation sites (tertiary alicyclic amines) is 1. The maximum atomic E-state index is 12.0. The molecule has 4 rings (SSSR count). The summed E-state index contributed by atoms with van der Waals surface area (Å²) in [5.74, 6) is -1.99. The number of aryl methyl sites for hydroxylation is 1. The molecule has 3 fully saturated rings. The predicted molar refractivity (Wildman–Crippen MR) is 105 cm³/mol. The normalized spacial score (nSPS) is 26.9. The van der Waals surface area contributed by atoms with Gasteiger partial charge in [-0.1, -0.05) is 0 Å². The number of thiophene rings is 1. The number of carboxylic acid groups (broad SMARTS) is 1. The number of fused-ring (bicyclic) bond motifs is 1. The summed E-state index contributed by atoms with van der Waals surface area (Å²) in [7, 11) is -3.08. The number of alkyl halides is 3.